The van der Waals surface area contributed by atoms with Crippen LogP contribution in [0.5, 0.6) is 0 Å². The van der Waals surface area contributed by atoms with Gasteiger partial charge in [-0.15, -0.1) is 11.3 Å². The molecule has 0 saturated carbocycles. The predicted octanol–water partition coefficient (Wildman–Crippen LogP) is 3.37. The van der Waals surface area contributed by atoms with Crippen LogP contribution in [0.3, 0.4) is 0 Å². The highest BCUT2D eigenvalue weighted by atomic mass is 32.1. The molecule has 0 bridgehead atoms. The maximum atomic E-state index is 11.0. The molecule has 90 valence electrons. The van der Waals surface area contributed by atoms with Gasteiger partial charge in [0.2, 0.25) is 0 Å². The topological polar surface area (TPSA) is 34.9 Å². The van der Waals surface area contributed by atoms with Crippen LogP contribution in [0.25, 0.3) is 0 Å². The second kappa shape index (κ2) is 4.84. The van der Waals surface area contributed by atoms with E-state index in [2.05, 4.69) is 16.5 Å². The van der Waals surface area contributed by atoms with Crippen LogP contribution >= 0.6 is 11.3 Å². The molecule has 0 amide bonds. The van der Waals surface area contributed by atoms with Crippen molar-refractivity contribution in [3.05, 3.63) is 39.6 Å². The van der Waals surface area contributed by atoms with E-state index in [0.29, 0.717) is 0 Å². The van der Waals surface area contributed by atoms with E-state index in [1.54, 1.807) is 11.3 Å². The summed E-state index contributed by atoms with van der Waals surface area (Å²) in [5.74, 6) is 0. The summed E-state index contributed by atoms with van der Waals surface area (Å²) in [7, 11) is 0. The van der Waals surface area contributed by atoms with Crippen molar-refractivity contribution in [2.75, 3.05) is 0 Å². The molecule has 4 heteroatoms. The van der Waals surface area contributed by atoms with Gasteiger partial charge in [-0.05, 0) is 26.3 Å². The van der Waals surface area contributed by atoms with Gasteiger partial charge in [0.15, 0.2) is 6.29 Å². The number of hydrogen-bond acceptors (Lipinski definition) is 3. The second-order valence-corrected chi connectivity index (χ2v) is 5.03. The molecule has 2 heterocycles. The number of nitrogens with zero attached hydrogens (tertiary/aromatic N) is 2. The fourth-order valence-electron chi connectivity index (χ4n) is 2.27. The van der Waals surface area contributed by atoms with Crippen molar-refractivity contribution in [1.82, 2.24) is 9.55 Å². The highest BCUT2D eigenvalue weighted by Crippen LogP contribution is 2.28. The minimum absolute atomic E-state index is 0.240. The molecular weight excluding hydrogens is 232 g/mol. The minimum Gasteiger partial charge on any atom is -0.339 e. The Labute approximate surface area is 105 Å². The van der Waals surface area contributed by atoms with Crippen LogP contribution in [0.15, 0.2) is 17.6 Å². The Bertz CT molecular complexity index is 514. The average Bonchev–Trinajstić information content (AvgIpc) is 2.92. The van der Waals surface area contributed by atoms with Crippen LogP contribution in [0, 0.1) is 13.8 Å². The van der Waals surface area contributed by atoms with Crippen molar-refractivity contribution in [2.45, 2.75) is 33.2 Å². The third-order valence-electron chi connectivity index (χ3n) is 3.09. The second-order valence-electron chi connectivity index (χ2n) is 4.11. The summed E-state index contributed by atoms with van der Waals surface area (Å²) in [5, 5.41) is 3.10. The smallest absolute Gasteiger partial charge is 0.151 e. The summed E-state index contributed by atoms with van der Waals surface area (Å²) in [5.41, 5.74) is 2.92. The molecule has 0 aromatic carbocycles. The molecule has 1 atom stereocenters. The number of carbonyl (C=O) groups excluding carboxylic acids is 1. The number of carbonyl (C=O) groups is 1. The van der Waals surface area contributed by atoms with Crippen LogP contribution in [-0.4, -0.2) is 15.8 Å². The number of thiazole rings is 1. The Hall–Kier alpha value is -1.42. The number of aryl methyl sites for hydroxylation is 1. The summed E-state index contributed by atoms with van der Waals surface area (Å²) in [4.78, 5) is 15.4. The lowest BCUT2D eigenvalue weighted by molar-refractivity contribution is 0.112. The van der Waals surface area contributed by atoms with Gasteiger partial charge >= 0.3 is 0 Å². The molecule has 2 aromatic heterocycles. The first-order valence-corrected chi connectivity index (χ1v) is 6.60. The zero-order valence-corrected chi connectivity index (χ0v) is 11.1. The standard InChI is InChI=1S/C13H16N2OS/c1-4-12(13-14-5-6-17-13)15-9(2)7-11(8-16)10(15)3/h5-8,12H,4H2,1-3H3. The van der Waals surface area contributed by atoms with Gasteiger partial charge in [-0.2, -0.15) is 0 Å². The third kappa shape index (κ3) is 2.05. The first-order valence-electron chi connectivity index (χ1n) is 5.72. The zero-order chi connectivity index (χ0) is 12.4. The molecule has 1 unspecified atom stereocenters. The summed E-state index contributed by atoms with van der Waals surface area (Å²) in [6.45, 7) is 6.18. The Balaban J connectivity index is 2.51. The third-order valence-corrected chi connectivity index (χ3v) is 3.96. The van der Waals surface area contributed by atoms with Gasteiger partial charge < -0.3 is 4.57 Å². The first-order chi connectivity index (χ1) is 8.19. The lowest BCUT2D eigenvalue weighted by atomic mass is 10.2. The number of aromatic nitrogens is 2. The van der Waals surface area contributed by atoms with Gasteiger partial charge in [0, 0.05) is 28.5 Å². The molecular formula is C13H16N2OS. The molecule has 0 spiro atoms. The van der Waals surface area contributed by atoms with Crippen LogP contribution in [0.2, 0.25) is 0 Å². The van der Waals surface area contributed by atoms with Crippen molar-refractivity contribution in [3.63, 3.8) is 0 Å². The Kier molecular flexibility index (Phi) is 3.43. The molecule has 0 aliphatic carbocycles. The Morgan fingerprint density at radius 3 is 2.76 bits per heavy atom. The van der Waals surface area contributed by atoms with Gasteiger partial charge in [-0.3, -0.25) is 4.79 Å². The monoisotopic (exact) mass is 248 g/mol. The summed E-state index contributed by atoms with van der Waals surface area (Å²) >= 11 is 1.66. The number of rotatable bonds is 4. The normalized spacial score (nSPS) is 12.6. The van der Waals surface area contributed by atoms with Gasteiger partial charge in [0.1, 0.15) is 5.01 Å². The predicted molar refractivity (Wildman–Crippen MR) is 69.8 cm³/mol. The molecule has 0 saturated heterocycles. The molecule has 2 aromatic rings. The molecule has 0 fully saturated rings. The van der Waals surface area contributed by atoms with Crippen molar-refractivity contribution >= 4 is 17.6 Å². The van der Waals surface area contributed by atoms with E-state index in [-0.39, 0.29) is 6.04 Å². The van der Waals surface area contributed by atoms with Crippen LogP contribution < -0.4 is 0 Å². The highest BCUT2D eigenvalue weighted by molar-refractivity contribution is 7.09. The SMILES string of the molecule is CCC(c1nccs1)n1c(C)cc(C=O)c1C. The van der Waals surface area contributed by atoms with Gasteiger partial charge in [0.25, 0.3) is 0 Å². The molecule has 0 aliphatic rings. The van der Waals surface area contributed by atoms with Crippen molar-refractivity contribution in [3.8, 4) is 0 Å². The van der Waals surface area contributed by atoms with E-state index >= 15 is 0 Å². The summed E-state index contributed by atoms with van der Waals surface area (Å²) < 4.78 is 2.21. The van der Waals surface area contributed by atoms with Crippen LogP contribution in [0.4, 0.5) is 0 Å². The van der Waals surface area contributed by atoms with E-state index in [1.165, 1.54) is 0 Å². The zero-order valence-electron chi connectivity index (χ0n) is 10.3. The van der Waals surface area contributed by atoms with Gasteiger partial charge in [0.05, 0.1) is 6.04 Å². The van der Waals surface area contributed by atoms with Gasteiger partial charge in [-0.1, -0.05) is 6.92 Å². The average molecular weight is 248 g/mol. The lowest BCUT2D eigenvalue weighted by Crippen LogP contribution is -2.12. The lowest BCUT2D eigenvalue weighted by Gasteiger charge is -2.19. The quantitative estimate of drug-likeness (QED) is 0.777. The van der Waals surface area contributed by atoms with E-state index in [9.17, 15) is 4.79 Å². The van der Waals surface area contributed by atoms with E-state index < -0.39 is 0 Å². The molecule has 17 heavy (non-hydrogen) atoms. The highest BCUT2D eigenvalue weighted by Gasteiger charge is 2.19. The molecule has 0 N–H and O–H groups in total. The fourth-order valence-corrected chi connectivity index (χ4v) is 3.08. The molecule has 3 nitrogen and oxygen atoms in total. The van der Waals surface area contributed by atoms with Crippen molar-refractivity contribution in [2.24, 2.45) is 0 Å². The summed E-state index contributed by atoms with van der Waals surface area (Å²) in [6.07, 6.45) is 3.73. The molecule has 0 aliphatic heterocycles. The fraction of sp³-hybridized carbons (Fsp3) is 0.385. The van der Waals surface area contributed by atoms with E-state index in [0.717, 1.165) is 34.7 Å². The number of aldehydes is 1. The molecule has 2 rings (SSSR count). The van der Waals surface area contributed by atoms with Crippen LogP contribution in [-0.2, 0) is 0 Å². The van der Waals surface area contributed by atoms with E-state index in [1.807, 2.05) is 31.5 Å². The van der Waals surface area contributed by atoms with Crippen molar-refractivity contribution in [1.29, 1.82) is 0 Å². The minimum atomic E-state index is 0.240. The van der Waals surface area contributed by atoms with E-state index in [4.69, 9.17) is 0 Å². The van der Waals surface area contributed by atoms with Crippen molar-refractivity contribution < 1.29 is 4.79 Å². The Morgan fingerprint density at radius 2 is 2.29 bits per heavy atom. The maximum Gasteiger partial charge on any atom is 0.151 e. The molecule has 0 radical (unpaired) electrons. The van der Waals surface area contributed by atoms with Crippen LogP contribution in [0.1, 0.15) is 46.1 Å². The number of hydrogen-bond donors (Lipinski definition) is 0. The Morgan fingerprint density at radius 1 is 1.53 bits per heavy atom. The summed E-state index contributed by atoms with van der Waals surface area (Å²) in [6, 6.07) is 2.18. The first kappa shape index (κ1) is 12.0. The maximum absolute atomic E-state index is 11.0. The van der Waals surface area contributed by atoms with Gasteiger partial charge in [-0.25, -0.2) is 4.98 Å². The largest absolute Gasteiger partial charge is 0.339 e.